The molecule has 1 aromatic heterocycles. The lowest BCUT2D eigenvalue weighted by molar-refractivity contribution is -0.143. The summed E-state index contributed by atoms with van der Waals surface area (Å²) < 4.78 is 0. The molecule has 2 heterocycles. The summed E-state index contributed by atoms with van der Waals surface area (Å²) in [6.45, 7) is 6.42. The molecular weight excluding hydrogens is 274 g/mol. The summed E-state index contributed by atoms with van der Waals surface area (Å²) in [6, 6.07) is 2.05. The fourth-order valence-corrected chi connectivity index (χ4v) is 3.78. The Morgan fingerprint density at radius 1 is 1.45 bits per heavy atom. The van der Waals surface area contributed by atoms with Gasteiger partial charge in [-0.15, -0.1) is 11.3 Å². The van der Waals surface area contributed by atoms with Crippen LogP contribution < -0.4 is 0 Å². The molecule has 2 unspecified atom stereocenters. The van der Waals surface area contributed by atoms with Crippen LogP contribution in [0.4, 0.5) is 0 Å². The normalized spacial score (nSPS) is 22.9. The second-order valence-corrected chi connectivity index (χ2v) is 6.63. The molecule has 2 rings (SSSR count). The third-order valence-corrected chi connectivity index (χ3v) is 5.41. The maximum atomic E-state index is 12.6. The van der Waals surface area contributed by atoms with E-state index in [1.807, 2.05) is 19.9 Å². The van der Waals surface area contributed by atoms with E-state index in [-0.39, 0.29) is 11.9 Å². The number of piperidine rings is 1. The van der Waals surface area contributed by atoms with Gasteiger partial charge in [0, 0.05) is 17.5 Å². The van der Waals surface area contributed by atoms with Crippen molar-refractivity contribution in [3.8, 4) is 0 Å². The molecule has 1 amide bonds. The molecule has 1 fully saturated rings. The van der Waals surface area contributed by atoms with Gasteiger partial charge in [-0.05, 0) is 44.7 Å². The number of hydrogen-bond donors (Lipinski definition) is 1. The first kappa shape index (κ1) is 15.0. The molecule has 1 N–H and O–H groups in total. The average Bonchev–Trinajstić information content (AvgIpc) is 2.79. The summed E-state index contributed by atoms with van der Waals surface area (Å²) in [7, 11) is 0. The summed E-state index contributed by atoms with van der Waals surface area (Å²) in [6.07, 6.45) is 2.34. The lowest BCUT2D eigenvalue weighted by Crippen LogP contribution is -2.47. The van der Waals surface area contributed by atoms with Gasteiger partial charge in [0.1, 0.15) is 0 Å². The number of amides is 1. The van der Waals surface area contributed by atoms with Gasteiger partial charge in [-0.25, -0.2) is 0 Å². The first-order valence-electron chi connectivity index (χ1n) is 7.07. The van der Waals surface area contributed by atoms with Crippen molar-refractivity contribution in [1.29, 1.82) is 0 Å². The molecule has 2 atom stereocenters. The van der Waals surface area contributed by atoms with Crippen molar-refractivity contribution in [3.63, 3.8) is 0 Å². The van der Waals surface area contributed by atoms with E-state index in [9.17, 15) is 9.59 Å². The Kier molecular flexibility index (Phi) is 4.48. The van der Waals surface area contributed by atoms with Crippen LogP contribution in [-0.4, -0.2) is 34.5 Å². The molecule has 0 aliphatic carbocycles. The fourth-order valence-electron chi connectivity index (χ4n) is 2.71. The number of nitrogens with zero attached hydrogens (tertiary/aromatic N) is 1. The van der Waals surface area contributed by atoms with E-state index in [1.165, 1.54) is 16.2 Å². The van der Waals surface area contributed by atoms with Gasteiger partial charge in [0.25, 0.3) is 5.91 Å². The molecule has 1 aliphatic rings. The van der Waals surface area contributed by atoms with E-state index in [0.29, 0.717) is 13.0 Å². The molecule has 0 spiro atoms. The highest BCUT2D eigenvalue weighted by Crippen LogP contribution is 2.28. The maximum Gasteiger partial charge on any atom is 0.308 e. The number of likely N-dealkylation sites (tertiary alicyclic amines) is 1. The van der Waals surface area contributed by atoms with Gasteiger partial charge < -0.3 is 10.0 Å². The van der Waals surface area contributed by atoms with Gasteiger partial charge in [0.2, 0.25) is 0 Å². The van der Waals surface area contributed by atoms with Crippen LogP contribution in [0.25, 0.3) is 0 Å². The zero-order valence-corrected chi connectivity index (χ0v) is 13.0. The van der Waals surface area contributed by atoms with Crippen molar-refractivity contribution in [2.24, 2.45) is 5.92 Å². The maximum absolute atomic E-state index is 12.6. The molecule has 1 aromatic rings. The Morgan fingerprint density at radius 2 is 2.15 bits per heavy atom. The monoisotopic (exact) mass is 295 g/mol. The van der Waals surface area contributed by atoms with Crippen LogP contribution in [0.3, 0.4) is 0 Å². The van der Waals surface area contributed by atoms with Crippen LogP contribution in [0, 0.1) is 12.8 Å². The van der Waals surface area contributed by atoms with Gasteiger partial charge in [0.05, 0.1) is 10.8 Å². The number of carbonyl (C=O) groups is 2. The predicted octanol–water partition coefficient (Wildman–Crippen LogP) is 2.94. The van der Waals surface area contributed by atoms with Gasteiger partial charge in [-0.1, -0.05) is 6.92 Å². The third-order valence-electron chi connectivity index (χ3n) is 4.04. The molecule has 1 saturated heterocycles. The second kappa shape index (κ2) is 5.95. The highest BCUT2D eigenvalue weighted by atomic mass is 32.1. The molecule has 1 aliphatic heterocycles. The first-order valence-corrected chi connectivity index (χ1v) is 7.88. The van der Waals surface area contributed by atoms with Crippen molar-refractivity contribution >= 4 is 23.2 Å². The van der Waals surface area contributed by atoms with E-state index in [4.69, 9.17) is 5.11 Å². The summed E-state index contributed by atoms with van der Waals surface area (Å²) in [5.74, 6) is -1.25. The Labute approximate surface area is 123 Å². The summed E-state index contributed by atoms with van der Waals surface area (Å²) in [4.78, 5) is 27.4. The zero-order chi connectivity index (χ0) is 14.9. The highest BCUT2D eigenvalue weighted by molar-refractivity contribution is 7.14. The summed E-state index contributed by atoms with van der Waals surface area (Å²) >= 11 is 1.53. The Balaban J connectivity index is 2.19. The van der Waals surface area contributed by atoms with Gasteiger partial charge in [-0.3, -0.25) is 9.59 Å². The topological polar surface area (TPSA) is 57.6 Å². The lowest BCUT2D eigenvalue weighted by atomic mass is 9.93. The van der Waals surface area contributed by atoms with E-state index < -0.39 is 11.9 Å². The van der Waals surface area contributed by atoms with Crippen molar-refractivity contribution < 1.29 is 14.7 Å². The van der Waals surface area contributed by atoms with Crippen LogP contribution >= 0.6 is 11.3 Å². The van der Waals surface area contributed by atoms with Crippen molar-refractivity contribution in [1.82, 2.24) is 4.90 Å². The number of carbonyl (C=O) groups excluding carboxylic acids is 1. The standard InChI is InChI=1S/C15H21NO3S/c1-4-12-9(2)7-13(20-12)14(17)16-8-11(15(18)19)6-5-10(16)3/h7,10-11H,4-6,8H2,1-3H3,(H,18,19). The van der Waals surface area contributed by atoms with E-state index in [2.05, 4.69) is 6.92 Å². The number of carboxylic acid groups (broad SMARTS) is 1. The van der Waals surface area contributed by atoms with Crippen molar-refractivity contribution in [3.05, 3.63) is 21.4 Å². The molecule has 4 nitrogen and oxygen atoms in total. The van der Waals surface area contributed by atoms with E-state index in [1.54, 1.807) is 4.90 Å². The number of aryl methyl sites for hydroxylation is 2. The molecule has 0 bridgehead atoms. The summed E-state index contributed by atoms with van der Waals surface area (Å²) in [5.41, 5.74) is 1.15. The number of thiophene rings is 1. The van der Waals surface area contributed by atoms with E-state index in [0.717, 1.165) is 23.3 Å². The molecule has 5 heteroatoms. The van der Waals surface area contributed by atoms with Gasteiger partial charge in [-0.2, -0.15) is 0 Å². The minimum atomic E-state index is -0.800. The number of hydrogen-bond acceptors (Lipinski definition) is 3. The Hall–Kier alpha value is -1.36. The zero-order valence-electron chi connectivity index (χ0n) is 12.2. The van der Waals surface area contributed by atoms with Crippen LogP contribution in [0.15, 0.2) is 6.07 Å². The largest absolute Gasteiger partial charge is 0.481 e. The molecule has 110 valence electrons. The molecule has 0 saturated carbocycles. The van der Waals surface area contributed by atoms with Gasteiger partial charge in [0.15, 0.2) is 0 Å². The number of rotatable bonds is 3. The minimum Gasteiger partial charge on any atom is -0.481 e. The van der Waals surface area contributed by atoms with Crippen LogP contribution in [-0.2, 0) is 11.2 Å². The summed E-state index contributed by atoms with van der Waals surface area (Å²) in [5, 5.41) is 9.15. The molecule has 20 heavy (non-hydrogen) atoms. The first-order chi connectivity index (χ1) is 9.43. The average molecular weight is 295 g/mol. The Bertz CT molecular complexity index is 523. The SMILES string of the molecule is CCc1sc(C(=O)N2CC(C(=O)O)CCC2C)cc1C. The van der Waals surface area contributed by atoms with Crippen molar-refractivity contribution in [2.75, 3.05) is 6.54 Å². The quantitative estimate of drug-likeness (QED) is 0.932. The lowest BCUT2D eigenvalue weighted by Gasteiger charge is -2.36. The molecular formula is C15H21NO3S. The predicted molar refractivity (Wildman–Crippen MR) is 79.3 cm³/mol. The smallest absolute Gasteiger partial charge is 0.308 e. The van der Waals surface area contributed by atoms with Gasteiger partial charge >= 0.3 is 5.97 Å². The molecule has 0 aromatic carbocycles. The minimum absolute atomic E-state index is 0.0174. The van der Waals surface area contributed by atoms with Crippen LogP contribution in [0.2, 0.25) is 0 Å². The number of aliphatic carboxylic acids is 1. The van der Waals surface area contributed by atoms with E-state index >= 15 is 0 Å². The van der Waals surface area contributed by atoms with Crippen LogP contribution in [0.1, 0.15) is 46.8 Å². The highest BCUT2D eigenvalue weighted by Gasteiger charge is 2.33. The van der Waals surface area contributed by atoms with Crippen LogP contribution in [0.5, 0.6) is 0 Å². The molecule has 0 radical (unpaired) electrons. The second-order valence-electron chi connectivity index (χ2n) is 5.49. The Morgan fingerprint density at radius 3 is 2.70 bits per heavy atom. The number of carboxylic acids is 1. The fraction of sp³-hybridized carbons (Fsp3) is 0.600. The van der Waals surface area contributed by atoms with Crippen molar-refractivity contribution in [2.45, 2.75) is 46.1 Å². The third kappa shape index (κ3) is 2.87.